The highest BCUT2D eigenvalue weighted by molar-refractivity contribution is 6.04. The zero-order chi connectivity index (χ0) is 16.4. The van der Waals surface area contributed by atoms with E-state index in [1.807, 2.05) is 23.1 Å². The maximum absolute atomic E-state index is 13.0. The lowest BCUT2D eigenvalue weighted by molar-refractivity contribution is 0.0580. The van der Waals surface area contributed by atoms with Crippen LogP contribution in [0.3, 0.4) is 0 Å². The first kappa shape index (κ1) is 15.6. The van der Waals surface area contributed by atoms with Gasteiger partial charge in [0.2, 0.25) is 0 Å². The SMILES string of the molecule is O=C(c1cccc2n[nH]nc12)N1CCC[C@@H](N2CCCCCC2)C1. The van der Waals surface area contributed by atoms with Crippen LogP contribution < -0.4 is 0 Å². The summed E-state index contributed by atoms with van der Waals surface area (Å²) in [6, 6.07) is 6.14. The van der Waals surface area contributed by atoms with Crippen molar-refractivity contribution in [3.05, 3.63) is 23.8 Å². The Hall–Kier alpha value is -1.95. The molecule has 1 aromatic heterocycles. The van der Waals surface area contributed by atoms with Gasteiger partial charge in [0, 0.05) is 19.1 Å². The predicted molar refractivity (Wildman–Crippen MR) is 92.9 cm³/mol. The molecule has 0 aliphatic carbocycles. The van der Waals surface area contributed by atoms with Crippen LogP contribution in [-0.4, -0.2) is 63.3 Å². The first-order chi connectivity index (χ1) is 11.8. The molecule has 24 heavy (non-hydrogen) atoms. The fourth-order valence-corrected chi connectivity index (χ4v) is 4.11. The van der Waals surface area contributed by atoms with Gasteiger partial charge in [0.15, 0.2) is 0 Å². The number of rotatable bonds is 2. The number of piperidine rings is 1. The molecule has 0 spiro atoms. The van der Waals surface area contributed by atoms with Crippen LogP contribution in [0.1, 0.15) is 48.9 Å². The highest BCUT2D eigenvalue weighted by atomic mass is 16.2. The van der Waals surface area contributed by atoms with Gasteiger partial charge in [-0.1, -0.05) is 18.9 Å². The lowest BCUT2D eigenvalue weighted by Crippen LogP contribution is -2.50. The summed E-state index contributed by atoms with van der Waals surface area (Å²) in [7, 11) is 0. The Balaban J connectivity index is 1.51. The van der Waals surface area contributed by atoms with E-state index in [0.717, 1.165) is 25.0 Å². The molecule has 128 valence electrons. The third-order valence-corrected chi connectivity index (χ3v) is 5.42. The molecular weight excluding hydrogens is 302 g/mol. The summed E-state index contributed by atoms with van der Waals surface area (Å²) in [5, 5.41) is 10.9. The molecule has 3 heterocycles. The fourth-order valence-electron chi connectivity index (χ4n) is 4.11. The third kappa shape index (κ3) is 3.02. The molecule has 0 saturated carbocycles. The van der Waals surface area contributed by atoms with E-state index < -0.39 is 0 Å². The number of benzene rings is 1. The first-order valence-corrected chi connectivity index (χ1v) is 9.16. The van der Waals surface area contributed by atoms with Crippen molar-refractivity contribution in [3.63, 3.8) is 0 Å². The highest BCUT2D eigenvalue weighted by Gasteiger charge is 2.29. The van der Waals surface area contributed by atoms with E-state index >= 15 is 0 Å². The monoisotopic (exact) mass is 327 g/mol. The number of carbonyl (C=O) groups excluding carboxylic acids is 1. The Morgan fingerprint density at radius 2 is 1.88 bits per heavy atom. The Morgan fingerprint density at radius 3 is 2.71 bits per heavy atom. The lowest BCUT2D eigenvalue weighted by atomic mass is 10.0. The fraction of sp³-hybridized carbons (Fsp3) is 0.611. The van der Waals surface area contributed by atoms with E-state index in [4.69, 9.17) is 0 Å². The third-order valence-electron chi connectivity index (χ3n) is 5.42. The van der Waals surface area contributed by atoms with E-state index in [1.54, 1.807) is 0 Å². The van der Waals surface area contributed by atoms with Gasteiger partial charge in [-0.3, -0.25) is 9.69 Å². The van der Waals surface area contributed by atoms with Crippen LogP contribution in [0.4, 0.5) is 0 Å². The van der Waals surface area contributed by atoms with Crippen molar-refractivity contribution in [1.82, 2.24) is 25.2 Å². The molecule has 6 nitrogen and oxygen atoms in total. The molecule has 1 N–H and O–H groups in total. The molecule has 4 rings (SSSR count). The minimum absolute atomic E-state index is 0.0917. The van der Waals surface area contributed by atoms with Crippen molar-refractivity contribution in [2.45, 2.75) is 44.6 Å². The molecule has 2 aromatic rings. The van der Waals surface area contributed by atoms with Gasteiger partial charge in [-0.2, -0.15) is 15.4 Å². The van der Waals surface area contributed by atoms with Crippen LogP contribution in [0, 0.1) is 0 Å². The lowest BCUT2D eigenvalue weighted by Gasteiger charge is -2.39. The number of nitrogens with one attached hydrogen (secondary N) is 1. The maximum Gasteiger partial charge on any atom is 0.256 e. The van der Waals surface area contributed by atoms with Gasteiger partial charge >= 0.3 is 0 Å². The summed E-state index contributed by atoms with van der Waals surface area (Å²) in [4.78, 5) is 17.7. The van der Waals surface area contributed by atoms with Crippen molar-refractivity contribution in [3.8, 4) is 0 Å². The Labute approximate surface area is 142 Å². The minimum atomic E-state index is 0.0917. The molecule has 0 radical (unpaired) electrons. The van der Waals surface area contributed by atoms with Crippen LogP contribution in [0.25, 0.3) is 11.0 Å². The first-order valence-electron chi connectivity index (χ1n) is 9.16. The van der Waals surface area contributed by atoms with E-state index in [1.165, 1.54) is 45.2 Å². The van der Waals surface area contributed by atoms with E-state index in [0.29, 0.717) is 17.1 Å². The van der Waals surface area contributed by atoms with Crippen LogP contribution in [0.2, 0.25) is 0 Å². The average molecular weight is 327 g/mol. The van der Waals surface area contributed by atoms with Gasteiger partial charge in [-0.25, -0.2) is 0 Å². The maximum atomic E-state index is 13.0. The molecule has 2 aliphatic heterocycles. The zero-order valence-electron chi connectivity index (χ0n) is 14.1. The van der Waals surface area contributed by atoms with E-state index in [9.17, 15) is 4.79 Å². The normalized spacial score (nSPS) is 23.3. The Kier molecular flexibility index (Phi) is 4.47. The van der Waals surface area contributed by atoms with Crippen LogP contribution in [-0.2, 0) is 0 Å². The van der Waals surface area contributed by atoms with Gasteiger partial charge < -0.3 is 4.90 Å². The van der Waals surface area contributed by atoms with Crippen LogP contribution in [0.15, 0.2) is 18.2 Å². The second kappa shape index (κ2) is 6.89. The minimum Gasteiger partial charge on any atom is -0.337 e. The van der Waals surface area contributed by atoms with E-state index in [-0.39, 0.29) is 5.91 Å². The molecule has 2 aliphatic rings. The number of hydrogen-bond donors (Lipinski definition) is 1. The van der Waals surface area contributed by atoms with Crippen LogP contribution >= 0.6 is 0 Å². The zero-order valence-corrected chi connectivity index (χ0v) is 14.1. The topological polar surface area (TPSA) is 65.1 Å². The standard InChI is InChI=1S/C18H25N5O/c24-18(15-8-5-9-16-17(15)20-21-19-16)23-12-6-7-14(13-23)22-10-3-1-2-4-11-22/h5,8-9,14H,1-4,6-7,10-13H2,(H,19,20,21)/t14-/m1/s1. The molecule has 2 fully saturated rings. The number of carbonyl (C=O) groups is 1. The number of amides is 1. The molecule has 1 amide bonds. The molecule has 2 saturated heterocycles. The van der Waals surface area contributed by atoms with Gasteiger partial charge in [0.1, 0.15) is 11.0 Å². The number of nitrogens with zero attached hydrogens (tertiary/aromatic N) is 4. The molecule has 6 heteroatoms. The summed E-state index contributed by atoms with van der Waals surface area (Å²) in [6.45, 7) is 4.06. The molecule has 0 unspecified atom stereocenters. The van der Waals surface area contributed by atoms with Gasteiger partial charge in [0.25, 0.3) is 5.91 Å². The predicted octanol–water partition coefficient (Wildman–Crippen LogP) is 2.44. The quantitative estimate of drug-likeness (QED) is 0.920. The summed E-state index contributed by atoms with van der Waals surface area (Å²) in [5.41, 5.74) is 2.10. The van der Waals surface area contributed by atoms with Gasteiger partial charge in [0.05, 0.1) is 5.56 Å². The van der Waals surface area contributed by atoms with Crippen LogP contribution in [0.5, 0.6) is 0 Å². The van der Waals surface area contributed by atoms with Crippen molar-refractivity contribution >= 4 is 16.9 Å². The Bertz CT molecular complexity index is 704. The number of aromatic nitrogens is 3. The summed E-state index contributed by atoms with van der Waals surface area (Å²) in [6.07, 6.45) is 7.57. The number of hydrogen-bond acceptors (Lipinski definition) is 4. The van der Waals surface area contributed by atoms with Gasteiger partial charge in [-0.15, -0.1) is 0 Å². The number of para-hydroxylation sites is 1. The highest BCUT2D eigenvalue weighted by Crippen LogP contribution is 2.23. The number of fused-ring (bicyclic) bond motifs is 1. The van der Waals surface area contributed by atoms with Crippen molar-refractivity contribution in [2.24, 2.45) is 0 Å². The smallest absolute Gasteiger partial charge is 0.256 e. The Morgan fingerprint density at radius 1 is 1.04 bits per heavy atom. The van der Waals surface area contributed by atoms with Crippen molar-refractivity contribution in [1.29, 1.82) is 0 Å². The number of H-pyrrole nitrogens is 1. The summed E-state index contributed by atoms with van der Waals surface area (Å²) >= 11 is 0. The van der Waals surface area contributed by atoms with E-state index in [2.05, 4.69) is 20.3 Å². The second-order valence-electron chi connectivity index (χ2n) is 6.99. The molecule has 1 aromatic carbocycles. The van der Waals surface area contributed by atoms with Crippen molar-refractivity contribution < 1.29 is 4.79 Å². The average Bonchev–Trinajstić information content (AvgIpc) is 2.94. The number of aromatic amines is 1. The summed E-state index contributed by atoms with van der Waals surface area (Å²) < 4.78 is 0. The summed E-state index contributed by atoms with van der Waals surface area (Å²) in [5.74, 6) is 0.0917. The second-order valence-corrected chi connectivity index (χ2v) is 6.99. The molecule has 0 bridgehead atoms. The van der Waals surface area contributed by atoms with Crippen molar-refractivity contribution in [2.75, 3.05) is 26.2 Å². The number of likely N-dealkylation sites (tertiary alicyclic amines) is 2. The largest absolute Gasteiger partial charge is 0.337 e. The molecular formula is C18H25N5O. The molecule has 1 atom stereocenters. The van der Waals surface area contributed by atoms with Gasteiger partial charge in [-0.05, 0) is 50.9 Å².